The van der Waals surface area contributed by atoms with Crippen LogP contribution in [0.15, 0.2) is 30.5 Å². The number of hydrogen-bond acceptors (Lipinski definition) is 4. The molecule has 1 aromatic heterocycles. The van der Waals surface area contributed by atoms with Gasteiger partial charge in [0.25, 0.3) is 5.91 Å². The molecular weight excluding hydrogens is 363 g/mol. The number of carbonyl (C=O) groups is 1. The Kier molecular flexibility index (Phi) is 5.14. The standard InChI is InChI=1S/C18H20F3N3O3/c1-11-8-23(9-12(2)27-11)17(25)16-15(26-3)10-24(22-16)14-6-4-5-13(7-14)18(19,20)21/h4-7,10-12H,8-9H2,1-3H3. The van der Waals surface area contributed by atoms with Crippen LogP contribution >= 0.6 is 0 Å². The summed E-state index contributed by atoms with van der Waals surface area (Å²) in [6.07, 6.45) is -3.30. The highest BCUT2D eigenvalue weighted by atomic mass is 19.4. The summed E-state index contributed by atoms with van der Waals surface area (Å²) >= 11 is 0. The second-order valence-corrected chi connectivity index (χ2v) is 6.51. The quantitative estimate of drug-likeness (QED) is 0.817. The van der Waals surface area contributed by atoms with E-state index in [-0.39, 0.29) is 35.2 Å². The third kappa shape index (κ3) is 4.08. The molecule has 146 valence electrons. The van der Waals surface area contributed by atoms with E-state index in [1.807, 2.05) is 13.8 Å². The van der Waals surface area contributed by atoms with Gasteiger partial charge in [0.2, 0.25) is 0 Å². The summed E-state index contributed by atoms with van der Waals surface area (Å²) in [5.41, 5.74) is -0.555. The molecule has 1 saturated heterocycles. The summed E-state index contributed by atoms with van der Waals surface area (Å²) in [6, 6.07) is 4.72. The minimum atomic E-state index is -4.47. The molecule has 0 radical (unpaired) electrons. The van der Waals surface area contributed by atoms with Gasteiger partial charge in [0.1, 0.15) is 0 Å². The molecule has 1 aromatic carbocycles. The fourth-order valence-electron chi connectivity index (χ4n) is 3.11. The Morgan fingerprint density at radius 3 is 2.52 bits per heavy atom. The summed E-state index contributed by atoms with van der Waals surface area (Å²) in [6.45, 7) is 4.55. The largest absolute Gasteiger partial charge is 0.493 e. The molecule has 2 aromatic rings. The first-order valence-corrected chi connectivity index (χ1v) is 8.45. The maximum absolute atomic E-state index is 13.0. The summed E-state index contributed by atoms with van der Waals surface area (Å²) in [4.78, 5) is 14.5. The smallest absolute Gasteiger partial charge is 0.416 e. The van der Waals surface area contributed by atoms with Crippen LogP contribution in [0.5, 0.6) is 5.75 Å². The van der Waals surface area contributed by atoms with Gasteiger partial charge in [-0.3, -0.25) is 4.79 Å². The number of rotatable bonds is 3. The van der Waals surface area contributed by atoms with Crippen LogP contribution in [0.1, 0.15) is 29.9 Å². The molecule has 2 heterocycles. The van der Waals surface area contributed by atoms with Crippen molar-refractivity contribution in [2.75, 3.05) is 20.2 Å². The topological polar surface area (TPSA) is 56.6 Å². The Labute approximate surface area is 154 Å². The number of amides is 1. The van der Waals surface area contributed by atoms with Crippen LogP contribution in [0.4, 0.5) is 13.2 Å². The zero-order valence-electron chi connectivity index (χ0n) is 15.2. The average molecular weight is 383 g/mol. The first kappa shape index (κ1) is 19.2. The van der Waals surface area contributed by atoms with E-state index in [1.54, 1.807) is 4.90 Å². The molecule has 3 rings (SSSR count). The molecule has 27 heavy (non-hydrogen) atoms. The van der Waals surface area contributed by atoms with Crippen molar-refractivity contribution in [3.8, 4) is 11.4 Å². The van der Waals surface area contributed by atoms with Crippen molar-refractivity contribution in [3.05, 3.63) is 41.7 Å². The molecule has 0 N–H and O–H groups in total. The normalized spacial score (nSPS) is 20.6. The van der Waals surface area contributed by atoms with Crippen LogP contribution in [-0.4, -0.2) is 53.0 Å². The number of carbonyl (C=O) groups excluding carboxylic acids is 1. The third-order valence-electron chi connectivity index (χ3n) is 4.25. The molecule has 1 aliphatic rings. The van der Waals surface area contributed by atoms with E-state index in [2.05, 4.69) is 5.10 Å². The van der Waals surface area contributed by atoms with Crippen molar-refractivity contribution in [3.63, 3.8) is 0 Å². The van der Waals surface area contributed by atoms with Crippen molar-refractivity contribution in [1.29, 1.82) is 0 Å². The van der Waals surface area contributed by atoms with Gasteiger partial charge in [0.15, 0.2) is 11.4 Å². The molecule has 6 nitrogen and oxygen atoms in total. The molecule has 0 aliphatic carbocycles. The number of alkyl halides is 3. The number of halogens is 3. The maximum Gasteiger partial charge on any atom is 0.416 e. The zero-order chi connectivity index (χ0) is 19.8. The third-order valence-corrected chi connectivity index (χ3v) is 4.25. The number of nitrogens with zero attached hydrogens (tertiary/aromatic N) is 3. The number of morpholine rings is 1. The lowest BCUT2D eigenvalue weighted by molar-refractivity contribution is -0.137. The van der Waals surface area contributed by atoms with Crippen molar-refractivity contribution < 1.29 is 27.4 Å². The number of aromatic nitrogens is 2. The molecule has 0 spiro atoms. The first-order valence-electron chi connectivity index (χ1n) is 8.45. The summed E-state index contributed by atoms with van der Waals surface area (Å²) in [5, 5.41) is 4.19. The lowest BCUT2D eigenvalue weighted by Crippen LogP contribution is -2.48. The van der Waals surface area contributed by atoms with Crippen LogP contribution in [0.25, 0.3) is 5.69 Å². The van der Waals surface area contributed by atoms with Gasteiger partial charge in [0, 0.05) is 13.1 Å². The van der Waals surface area contributed by atoms with Crippen LogP contribution in [0, 0.1) is 0 Å². The first-order chi connectivity index (χ1) is 12.7. The van der Waals surface area contributed by atoms with E-state index in [1.165, 1.54) is 30.1 Å². The highest BCUT2D eigenvalue weighted by Gasteiger charge is 2.32. The van der Waals surface area contributed by atoms with Crippen molar-refractivity contribution in [2.45, 2.75) is 32.2 Å². The summed E-state index contributed by atoms with van der Waals surface area (Å²) in [5.74, 6) is -0.149. The highest BCUT2D eigenvalue weighted by Crippen LogP contribution is 2.31. The van der Waals surface area contributed by atoms with Crippen LogP contribution in [0.2, 0.25) is 0 Å². The van der Waals surface area contributed by atoms with Crippen LogP contribution in [0.3, 0.4) is 0 Å². The molecule has 0 bridgehead atoms. The minimum Gasteiger partial charge on any atom is -0.493 e. The van der Waals surface area contributed by atoms with Crippen molar-refractivity contribution >= 4 is 5.91 Å². The molecule has 1 fully saturated rings. The predicted octanol–water partition coefficient (Wildman–Crippen LogP) is 3.15. The Balaban J connectivity index is 1.93. The van der Waals surface area contributed by atoms with Crippen molar-refractivity contribution in [1.82, 2.24) is 14.7 Å². The van der Waals surface area contributed by atoms with E-state index in [9.17, 15) is 18.0 Å². The van der Waals surface area contributed by atoms with Crippen LogP contribution < -0.4 is 4.74 Å². The summed E-state index contributed by atoms with van der Waals surface area (Å²) < 4.78 is 50.9. The maximum atomic E-state index is 13.0. The second-order valence-electron chi connectivity index (χ2n) is 6.51. The van der Waals surface area contributed by atoms with E-state index in [0.717, 1.165) is 12.1 Å². The Hall–Kier alpha value is -2.55. The van der Waals surface area contributed by atoms with E-state index in [4.69, 9.17) is 9.47 Å². The number of ether oxygens (including phenoxy) is 2. The molecule has 1 amide bonds. The number of hydrogen-bond donors (Lipinski definition) is 0. The molecule has 1 aliphatic heterocycles. The number of methoxy groups -OCH3 is 1. The van der Waals surface area contributed by atoms with E-state index >= 15 is 0 Å². The number of benzene rings is 1. The van der Waals surface area contributed by atoms with Gasteiger partial charge in [-0.1, -0.05) is 6.07 Å². The molecule has 2 atom stereocenters. The molecule has 2 unspecified atom stereocenters. The van der Waals surface area contributed by atoms with Gasteiger partial charge in [0.05, 0.1) is 36.8 Å². The van der Waals surface area contributed by atoms with Gasteiger partial charge in [-0.25, -0.2) is 4.68 Å². The molecule has 0 saturated carbocycles. The second kappa shape index (κ2) is 7.22. The lowest BCUT2D eigenvalue weighted by atomic mass is 10.2. The van der Waals surface area contributed by atoms with Gasteiger partial charge in [-0.15, -0.1) is 0 Å². The molecular formula is C18H20F3N3O3. The van der Waals surface area contributed by atoms with Gasteiger partial charge >= 0.3 is 6.18 Å². The van der Waals surface area contributed by atoms with Gasteiger partial charge in [-0.05, 0) is 32.0 Å². The lowest BCUT2D eigenvalue weighted by Gasteiger charge is -2.34. The SMILES string of the molecule is COc1cn(-c2cccc(C(F)(F)F)c2)nc1C(=O)N1CC(C)OC(C)C1. The Morgan fingerprint density at radius 1 is 1.26 bits per heavy atom. The van der Waals surface area contributed by atoms with Crippen molar-refractivity contribution in [2.24, 2.45) is 0 Å². The van der Waals surface area contributed by atoms with E-state index < -0.39 is 11.7 Å². The zero-order valence-corrected chi connectivity index (χ0v) is 15.2. The predicted molar refractivity (Wildman–Crippen MR) is 91.0 cm³/mol. The van der Waals surface area contributed by atoms with E-state index in [0.29, 0.717) is 13.1 Å². The molecule has 9 heteroatoms. The Morgan fingerprint density at radius 2 is 1.93 bits per heavy atom. The van der Waals surface area contributed by atoms with Crippen LogP contribution in [-0.2, 0) is 10.9 Å². The minimum absolute atomic E-state index is 0.0520. The highest BCUT2D eigenvalue weighted by molar-refractivity contribution is 5.95. The fourth-order valence-corrected chi connectivity index (χ4v) is 3.11. The Bertz CT molecular complexity index is 825. The van der Waals surface area contributed by atoms with Gasteiger partial charge in [-0.2, -0.15) is 18.3 Å². The average Bonchev–Trinajstić information content (AvgIpc) is 3.04. The fraction of sp³-hybridized carbons (Fsp3) is 0.444. The summed E-state index contributed by atoms with van der Waals surface area (Å²) in [7, 11) is 1.38. The monoisotopic (exact) mass is 383 g/mol. The van der Waals surface area contributed by atoms with Gasteiger partial charge < -0.3 is 14.4 Å².